The van der Waals surface area contributed by atoms with Gasteiger partial charge in [0, 0.05) is 0 Å². The highest BCUT2D eigenvalue weighted by molar-refractivity contribution is 7.99. The first-order valence-corrected chi connectivity index (χ1v) is 5.60. The average Bonchev–Trinajstić information content (AvgIpc) is 2.58. The summed E-state index contributed by atoms with van der Waals surface area (Å²) in [6, 6.07) is 3.83. The third-order valence-electron chi connectivity index (χ3n) is 1.97. The molecule has 0 bridgehead atoms. The Morgan fingerprint density at radius 2 is 2.12 bits per heavy atom. The van der Waals surface area contributed by atoms with Crippen LogP contribution in [-0.2, 0) is 6.18 Å². The molecule has 0 N–H and O–H groups in total. The Morgan fingerprint density at radius 1 is 1.38 bits per heavy atom. The number of rotatable bonds is 2. The second kappa shape index (κ2) is 4.01. The summed E-state index contributed by atoms with van der Waals surface area (Å²) in [6.45, 7) is 1.88. The monoisotopic (exact) mass is 247 g/mol. The van der Waals surface area contributed by atoms with Gasteiger partial charge in [0.05, 0.1) is 0 Å². The third-order valence-corrected chi connectivity index (χ3v) is 2.68. The van der Waals surface area contributed by atoms with E-state index in [4.69, 9.17) is 4.42 Å². The lowest BCUT2D eigenvalue weighted by atomic mass is 10.2. The molecule has 0 saturated heterocycles. The number of fused-ring (bicyclic) bond motifs is 1. The van der Waals surface area contributed by atoms with Crippen molar-refractivity contribution >= 4 is 22.9 Å². The molecule has 0 unspecified atom stereocenters. The van der Waals surface area contributed by atoms with Gasteiger partial charge in [-0.3, -0.25) is 0 Å². The number of thioether (sulfide) groups is 1. The van der Waals surface area contributed by atoms with Gasteiger partial charge in [0.1, 0.15) is 11.1 Å². The van der Waals surface area contributed by atoms with E-state index in [1.165, 1.54) is 23.9 Å². The molecule has 2 aromatic rings. The third kappa shape index (κ3) is 2.02. The van der Waals surface area contributed by atoms with Crippen LogP contribution in [0.15, 0.2) is 27.8 Å². The molecule has 0 aliphatic carbocycles. The maximum absolute atomic E-state index is 12.6. The molecule has 0 fully saturated rings. The fourth-order valence-corrected chi connectivity index (χ4v) is 1.89. The molecule has 1 aromatic carbocycles. The summed E-state index contributed by atoms with van der Waals surface area (Å²) in [5, 5.41) is 0.272. The van der Waals surface area contributed by atoms with Crippen LogP contribution in [-0.4, -0.2) is 10.7 Å². The van der Waals surface area contributed by atoms with Crippen molar-refractivity contribution in [2.75, 3.05) is 5.75 Å². The quantitative estimate of drug-likeness (QED) is 0.751. The molecule has 0 saturated carbocycles. The number of oxazole rings is 1. The number of halogens is 3. The van der Waals surface area contributed by atoms with E-state index in [0.29, 0.717) is 5.75 Å². The van der Waals surface area contributed by atoms with Gasteiger partial charge in [-0.05, 0) is 17.9 Å². The highest BCUT2D eigenvalue weighted by atomic mass is 32.2. The number of alkyl halides is 3. The minimum atomic E-state index is -4.41. The lowest BCUT2D eigenvalue weighted by molar-refractivity contribution is -0.136. The van der Waals surface area contributed by atoms with Gasteiger partial charge < -0.3 is 4.42 Å². The molecule has 2 nitrogen and oxygen atoms in total. The molecule has 1 aromatic heterocycles. The Kier molecular flexibility index (Phi) is 2.84. The molecule has 2 rings (SSSR count). The Bertz CT molecular complexity index is 506. The van der Waals surface area contributed by atoms with Gasteiger partial charge >= 0.3 is 6.18 Å². The summed E-state index contributed by atoms with van der Waals surface area (Å²) in [6.07, 6.45) is -4.41. The van der Waals surface area contributed by atoms with Crippen molar-refractivity contribution in [3.63, 3.8) is 0 Å². The fourth-order valence-electron chi connectivity index (χ4n) is 1.34. The van der Waals surface area contributed by atoms with Gasteiger partial charge in [-0.15, -0.1) is 0 Å². The van der Waals surface area contributed by atoms with E-state index in [1.54, 1.807) is 0 Å². The van der Waals surface area contributed by atoms with Crippen LogP contribution in [0.4, 0.5) is 13.2 Å². The van der Waals surface area contributed by atoms with E-state index < -0.39 is 11.7 Å². The van der Waals surface area contributed by atoms with Crippen LogP contribution in [0, 0.1) is 0 Å². The summed E-state index contributed by atoms with van der Waals surface area (Å²) >= 11 is 1.28. The number of nitrogens with zero attached hydrogens (tertiary/aromatic N) is 1. The average molecular weight is 247 g/mol. The van der Waals surface area contributed by atoms with E-state index in [1.807, 2.05) is 6.92 Å². The second-order valence-corrected chi connectivity index (χ2v) is 4.28. The van der Waals surface area contributed by atoms with Crippen molar-refractivity contribution in [2.45, 2.75) is 18.3 Å². The smallest absolute Gasteiger partial charge is 0.420 e. The zero-order valence-electron chi connectivity index (χ0n) is 8.34. The first-order valence-electron chi connectivity index (χ1n) is 4.62. The Labute approximate surface area is 93.8 Å². The van der Waals surface area contributed by atoms with Gasteiger partial charge in [-0.2, -0.15) is 13.2 Å². The zero-order chi connectivity index (χ0) is 11.8. The molecule has 0 atom stereocenters. The topological polar surface area (TPSA) is 26.0 Å². The Balaban J connectivity index is 2.59. The summed E-state index contributed by atoms with van der Waals surface area (Å²) in [7, 11) is 0. The van der Waals surface area contributed by atoms with Gasteiger partial charge in [0.15, 0.2) is 5.58 Å². The fraction of sp³-hybridized carbons (Fsp3) is 0.300. The standard InChI is InChI=1S/C10H8F3NOS/c1-2-16-9-14-7-5-3-4-6(8(7)15-9)10(11,12)13/h3-5H,2H2,1H3. The van der Waals surface area contributed by atoms with E-state index in [9.17, 15) is 13.2 Å². The number of para-hydroxylation sites is 1. The lowest BCUT2D eigenvalue weighted by Crippen LogP contribution is -2.04. The van der Waals surface area contributed by atoms with E-state index in [-0.39, 0.29) is 16.3 Å². The van der Waals surface area contributed by atoms with Crippen molar-refractivity contribution in [3.05, 3.63) is 23.8 Å². The molecule has 0 aliphatic rings. The van der Waals surface area contributed by atoms with Gasteiger partial charge in [-0.1, -0.05) is 24.8 Å². The maximum atomic E-state index is 12.6. The maximum Gasteiger partial charge on any atom is 0.420 e. The van der Waals surface area contributed by atoms with Gasteiger partial charge in [0.25, 0.3) is 5.22 Å². The first kappa shape index (κ1) is 11.3. The second-order valence-electron chi connectivity index (χ2n) is 3.06. The first-order chi connectivity index (χ1) is 7.52. The molecule has 0 spiro atoms. The van der Waals surface area contributed by atoms with Crippen LogP contribution in [0.5, 0.6) is 0 Å². The van der Waals surface area contributed by atoms with Crippen molar-refractivity contribution in [3.8, 4) is 0 Å². The predicted octanol–water partition coefficient (Wildman–Crippen LogP) is 3.96. The van der Waals surface area contributed by atoms with Crippen LogP contribution in [0.2, 0.25) is 0 Å². The summed E-state index contributed by atoms with van der Waals surface area (Å²) < 4.78 is 43.0. The van der Waals surface area contributed by atoms with E-state index in [2.05, 4.69) is 4.98 Å². The molecule has 86 valence electrons. The molecule has 0 amide bonds. The molecule has 16 heavy (non-hydrogen) atoms. The summed E-state index contributed by atoms with van der Waals surface area (Å²) in [5.41, 5.74) is -0.725. The lowest BCUT2D eigenvalue weighted by Gasteiger charge is -2.05. The minimum Gasteiger partial charge on any atom is -0.431 e. The number of benzene rings is 1. The molecule has 6 heteroatoms. The SMILES string of the molecule is CCSc1nc2cccc(C(F)(F)F)c2o1. The Morgan fingerprint density at radius 3 is 2.75 bits per heavy atom. The molecule has 1 heterocycles. The van der Waals surface area contributed by atoms with Crippen molar-refractivity contribution in [1.82, 2.24) is 4.98 Å². The summed E-state index contributed by atoms with van der Waals surface area (Å²) in [5.74, 6) is 0.703. The van der Waals surface area contributed by atoms with Crippen molar-refractivity contribution in [1.29, 1.82) is 0 Å². The van der Waals surface area contributed by atoms with Crippen LogP contribution in [0.25, 0.3) is 11.1 Å². The minimum absolute atomic E-state index is 0.189. The van der Waals surface area contributed by atoms with Crippen molar-refractivity contribution < 1.29 is 17.6 Å². The van der Waals surface area contributed by atoms with Crippen LogP contribution < -0.4 is 0 Å². The predicted molar refractivity (Wildman–Crippen MR) is 55.4 cm³/mol. The largest absolute Gasteiger partial charge is 0.431 e. The van der Waals surface area contributed by atoms with Crippen LogP contribution >= 0.6 is 11.8 Å². The number of aromatic nitrogens is 1. The molecule has 0 radical (unpaired) electrons. The normalized spacial score (nSPS) is 12.2. The van der Waals surface area contributed by atoms with Crippen LogP contribution in [0.1, 0.15) is 12.5 Å². The Hall–Kier alpha value is -1.17. The highest BCUT2D eigenvalue weighted by Crippen LogP contribution is 2.36. The van der Waals surface area contributed by atoms with Gasteiger partial charge in [0.2, 0.25) is 0 Å². The van der Waals surface area contributed by atoms with Crippen LogP contribution in [0.3, 0.4) is 0 Å². The molecule has 0 aliphatic heterocycles. The van der Waals surface area contributed by atoms with Crippen molar-refractivity contribution in [2.24, 2.45) is 0 Å². The van der Waals surface area contributed by atoms with E-state index >= 15 is 0 Å². The van der Waals surface area contributed by atoms with E-state index in [0.717, 1.165) is 6.07 Å². The zero-order valence-corrected chi connectivity index (χ0v) is 9.15. The molecular formula is C10H8F3NOS. The summed E-state index contributed by atoms with van der Waals surface area (Å²) in [4.78, 5) is 3.97. The number of hydrogen-bond acceptors (Lipinski definition) is 3. The van der Waals surface area contributed by atoms with Gasteiger partial charge in [-0.25, -0.2) is 4.98 Å². The molecular weight excluding hydrogens is 239 g/mol. The highest BCUT2D eigenvalue weighted by Gasteiger charge is 2.34. The number of hydrogen-bond donors (Lipinski definition) is 0.